The number of nitrogens with two attached hydrogens (primary N) is 1. The molecule has 0 spiro atoms. The first-order valence-electron chi connectivity index (χ1n) is 4.89. The standard InChI is InChI=1S/C9H20N2OS/c1-13-7-9(11-10)6-8-2-4-12-5-3-8/h8-9,11H,2-7,10H2,1H3. The predicted molar refractivity (Wildman–Crippen MR) is 57.7 cm³/mol. The lowest BCUT2D eigenvalue weighted by Gasteiger charge is -2.25. The molecule has 0 saturated carbocycles. The first-order valence-corrected chi connectivity index (χ1v) is 6.29. The van der Waals surface area contributed by atoms with Crippen LogP contribution < -0.4 is 11.3 Å². The lowest BCUT2D eigenvalue weighted by molar-refractivity contribution is 0.0613. The van der Waals surface area contributed by atoms with E-state index in [4.69, 9.17) is 10.6 Å². The summed E-state index contributed by atoms with van der Waals surface area (Å²) in [5.74, 6) is 7.39. The molecule has 1 saturated heterocycles. The van der Waals surface area contributed by atoms with Crippen LogP contribution in [0.15, 0.2) is 0 Å². The Balaban J connectivity index is 2.18. The molecule has 0 amide bonds. The fourth-order valence-electron chi connectivity index (χ4n) is 1.77. The van der Waals surface area contributed by atoms with Crippen molar-refractivity contribution in [1.29, 1.82) is 0 Å². The SMILES string of the molecule is CSCC(CC1CCOCC1)NN. The van der Waals surface area contributed by atoms with E-state index in [0.717, 1.165) is 24.9 Å². The molecule has 0 radical (unpaired) electrons. The molecule has 0 aromatic carbocycles. The van der Waals surface area contributed by atoms with Crippen LogP contribution in [0.1, 0.15) is 19.3 Å². The van der Waals surface area contributed by atoms with E-state index in [1.54, 1.807) is 0 Å². The molecular formula is C9H20N2OS. The number of rotatable bonds is 5. The van der Waals surface area contributed by atoms with E-state index in [0.29, 0.717) is 6.04 Å². The first-order chi connectivity index (χ1) is 6.36. The normalized spacial score (nSPS) is 21.7. The summed E-state index contributed by atoms with van der Waals surface area (Å²) in [4.78, 5) is 0. The average Bonchev–Trinajstić information content (AvgIpc) is 2.19. The Morgan fingerprint density at radius 1 is 1.54 bits per heavy atom. The molecule has 3 nitrogen and oxygen atoms in total. The maximum absolute atomic E-state index is 5.48. The van der Waals surface area contributed by atoms with E-state index < -0.39 is 0 Å². The molecule has 0 aromatic rings. The lowest BCUT2D eigenvalue weighted by atomic mass is 9.93. The smallest absolute Gasteiger partial charge is 0.0468 e. The maximum atomic E-state index is 5.48. The topological polar surface area (TPSA) is 47.3 Å². The Morgan fingerprint density at radius 3 is 2.77 bits per heavy atom. The van der Waals surface area contributed by atoms with Crippen molar-refractivity contribution in [2.75, 3.05) is 25.2 Å². The van der Waals surface area contributed by atoms with Crippen molar-refractivity contribution in [3.8, 4) is 0 Å². The van der Waals surface area contributed by atoms with Gasteiger partial charge in [0.2, 0.25) is 0 Å². The predicted octanol–water partition coefficient (Wildman–Crippen LogP) is 0.998. The fraction of sp³-hybridized carbons (Fsp3) is 1.00. The zero-order valence-electron chi connectivity index (χ0n) is 8.29. The molecule has 3 N–H and O–H groups in total. The quantitative estimate of drug-likeness (QED) is 0.518. The molecule has 1 fully saturated rings. The van der Waals surface area contributed by atoms with Crippen LogP contribution in [0.25, 0.3) is 0 Å². The molecule has 0 bridgehead atoms. The summed E-state index contributed by atoms with van der Waals surface area (Å²) < 4.78 is 5.32. The summed E-state index contributed by atoms with van der Waals surface area (Å²) in [5, 5.41) is 0. The van der Waals surface area contributed by atoms with Crippen LogP contribution in [-0.4, -0.2) is 31.3 Å². The van der Waals surface area contributed by atoms with E-state index >= 15 is 0 Å². The van der Waals surface area contributed by atoms with Crippen molar-refractivity contribution in [2.45, 2.75) is 25.3 Å². The van der Waals surface area contributed by atoms with Crippen LogP contribution in [0, 0.1) is 5.92 Å². The van der Waals surface area contributed by atoms with Crippen LogP contribution >= 0.6 is 11.8 Å². The van der Waals surface area contributed by atoms with Gasteiger partial charge in [0.25, 0.3) is 0 Å². The van der Waals surface area contributed by atoms with Gasteiger partial charge in [-0.2, -0.15) is 11.8 Å². The molecule has 0 aromatic heterocycles. The van der Waals surface area contributed by atoms with Crippen molar-refractivity contribution in [2.24, 2.45) is 11.8 Å². The van der Waals surface area contributed by atoms with Gasteiger partial charge in [0, 0.05) is 25.0 Å². The number of nitrogens with one attached hydrogen (secondary N) is 1. The van der Waals surface area contributed by atoms with Gasteiger partial charge in [0.05, 0.1) is 0 Å². The van der Waals surface area contributed by atoms with Gasteiger partial charge in [-0.25, -0.2) is 0 Å². The highest BCUT2D eigenvalue weighted by Crippen LogP contribution is 2.20. The Bertz CT molecular complexity index is 126. The highest BCUT2D eigenvalue weighted by molar-refractivity contribution is 7.98. The third-order valence-electron chi connectivity index (χ3n) is 2.56. The van der Waals surface area contributed by atoms with Crippen LogP contribution in [-0.2, 0) is 4.74 Å². The third kappa shape index (κ3) is 4.31. The number of hydrogen-bond donors (Lipinski definition) is 2. The minimum absolute atomic E-state index is 0.470. The summed E-state index contributed by atoms with van der Waals surface area (Å²) in [7, 11) is 0. The van der Waals surface area contributed by atoms with Crippen LogP contribution in [0.2, 0.25) is 0 Å². The molecule has 1 rings (SSSR count). The Kier molecular flexibility index (Phi) is 5.78. The molecule has 1 heterocycles. The fourth-order valence-corrected chi connectivity index (χ4v) is 2.40. The van der Waals surface area contributed by atoms with Gasteiger partial charge in [-0.05, 0) is 31.4 Å². The van der Waals surface area contributed by atoms with Crippen LogP contribution in [0.3, 0.4) is 0 Å². The Hall–Kier alpha value is 0.230. The second-order valence-corrected chi connectivity index (χ2v) is 4.52. The van der Waals surface area contributed by atoms with E-state index in [1.165, 1.54) is 19.3 Å². The highest BCUT2D eigenvalue weighted by atomic mass is 32.2. The Morgan fingerprint density at radius 2 is 2.23 bits per heavy atom. The van der Waals surface area contributed by atoms with E-state index in [1.807, 2.05) is 11.8 Å². The zero-order valence-corrected chi connectivity index (χ0v) is 9.11. The van der Waals surface area contributed by atoms with Gasteiger partial charge in [0.1, 0.15) is 0 Å². The second kappa shape index (κ2) is 6.65. The summed E-state index contributed by atoms with van der Waals surface area (Å²) in [6.45, 7) is 1.86. The minimum atomic E-state index is 0.470. The maximum Gasteiger partial charge on any atom is 0.0468 e. The van der Waals surface area contributed by atoms with Crippen molar-refractivity contribution in [3.05, 3.63) is 0 Å². The van der Waals surface area contributed by atoms with Gasteiger partial charge in [-0.15, -0.1) is 0 Å². The molecule has 1 unspecified atom stereocenters. The highest BCUT2D eigenvalue weighted by Gasteiger charge is 2.17. The van der Waals surface area contributed by atoms with Crippen LogP contribution in [0.5, 0.6) is 0 Å². The van der Waals surface area contributed by atoms with Crippen molar-refractivity contribution in [1.82, 2.24) is 5.43 Å². The molecule has 1 aliphatic rings. The molecule has 13 heavy (non-hydrogen) atoms. The molecule has 78 valence electrons. The summed E-state index contributed by atoms with van der Waals surface area (Å²) in [6, 6.07) is 0.470. The number of hydrazine groups is 1. The van der Waals surface area contributed by atoms with Crippen LogP contribution in [0.4, 0.5) is 0 Å². The summed E-state index contributed by atoms with van der Waals surface area (Å²) in [6.07, 6.45) is 5.72. The molecule has 1 atom stereocenters. The van der Waals surface area contributed by atoms with Gasteiger partial charge in [0.15, 0.2) is 0 Å². The van der Waals surface area contributed by atoms with E-state index in [9.17, 15) is 0 Å². The minimum Gasteiger partial charge on any atom is -0.381 e. The lowest BCUT2D eigenvalue weighted by Crippen LogP contribution is -2.39. The summed E-state index contributed by atoms with van der Waals surface area (Å²) in [5.41, 5.74) is 2.89. The molecule has 1 aliphatic heterocycles. The zero-order chi connectivity index (χ0) is 9.52. The molecule has 0 aliphatic carbocycles. The third-order valence-corrected chi connectivity index (χ3v) is 3.30. The van der Waals surface area contributed by atoms with Gasteiger partial charge >= 0.3 is 0 Å². The van der Waals surface area contributed by atoms with Crippen molar-refractivity contribution in [3.63, 3.8) is 0 Å². The Labute approximate surface area is 84.7 Å². The van der Waals surface area contributed by atoms with E-state index in [-0.39, 0.29) is 0 Å². The van der Waals surface area contributed by atoms with Gasteiger partial charge in [-0.3, -0.25) is 11.3 Å². The van der Waals surface area contributed by atoms with Gasteiger partial charge in [-0.1, -0.05) is 0 Å². The summed E-state index contributed by atoms with van der Waals surface area (Å²) >= 11 is 1.85. The number of hydrogen-bond acceptors (Lipinski definition) is 4. The number of ether oxygens (including phenoxy) is 1. The molecule has 4 heteroatoms. The second-order valence-electron chi connectivity index (χ2n) is 3.61. The average molecular weight is 204 g/mol. The molecular weight excluding hydrogens is 184 g/mol. The first kappa shape index (κ1) is 11.3. The largest absolute Gasteiger partial charge is 0.381 e. The van der Waals surface area contributed by atoms with Gasteiger partial charge < -0.3 is 4.74 Å². The van der Waals surface area contributed by atoms with Crippen molar-refractivity contribution >= 4 is 11.8 Å². The number of thioether (sulfide) groups is 1. The van der Waals surface area contributed by atoms with Crippen molar-refractivity contribution < 1.29 is 4.74 Å². The monoisotopic (exact) mass is 204 g/mol. The van der Waals surface area contributed by atoms with E-state index in [2.05, 4.69) is 11.7 Å².